The van der Waals surface area contributed by atoms with E-state index in [0.717, 1.165) is 27.2 Å². The van der Waals surface area contributed by atoms with E-state index in [4.69, 9.17) is 17.3 Å². The summed E-state index contributed by atoms with van der Waals surface area (Å²) >= 11 is 6.15. The van der Waals surface area contributed by atoms with Crippen molar-refractivity contribution in [1.29, 1.82) is 0 Å². The summed E-state index contributed by atoms with van der Waals surface area (Å²) in [6, 6.07) is 8.34. The molecule has 1 fully saturated rings. The summed E-state index contributed by atoms with van der Waals surface area (Å²) in [5.41, 5.74) is 9.18. The van der Waals surface area contributed by atoms with Crippen molar-refractivity contribution in [2.24, 2.45) is 0 Å². The molecular weight excluding hydrogens is 296 g/mol. The van der Waals surface area contributed by atoms with Crippen LogP contribution in [0, 0.1) is 0 Å². The zero-order valence-corrected chi connectivity index (χ0v) is 12.9. The third kappa shape index (κ3) is 2.15. The minimum atomic E-state index is 0.504. The molecule has 3 aromatic rings. The van der Waals surface area contributed by atoms with Crippen LogP contribution in [0.3, 0.4) is 0 Å². The van der Waals surface area contributed by atoms with Crippen LogP contribution in [-0.4, -0.2) is 14.5 Å². The molecule has 0 saturated heterocycles. The highest BCUT2D eigenvalue weighted by Crippen LogP contribution is 2.38. The molecule has 0 unspecified atom stereocenters. The monoisotopic (exact) mass is 312 g/mol. The van der Waals surface area contributed by atoms with Crippen molar-refractivity contribution < 1.29 is 0 Å². The van der Waals surface area contributed by atoms with Gasteiger partial charge in [-0.3, -0.25) is 0 Å². The molecule has 4 rings (SSSR count). The highest BCUT2D eigenvalue weighted by Gasteiger charge is 2.22. The maximum Gasteiger partial charge on any atom is 0.146 e. The lowest BCUT2D eigenvalue weighted by Gasteiger charge is -2.12. The topological polar surface area (TPSA) is 56.7 Å². The van der Waals surface area contributed by atoms with Crippen LogP contribution in [0.1, 0.15) is 31.7 Å². The number of anilines is 1. The fourth-order valence-corrected chi connectivity index (χ4v) is 3.63. The average molecular weight is 313 g/mol. The molecule has 0 spiro atoms. The van der Waals surface area contributed by atoms with Gasteiger partial charge in [-0.05, 0) is 30.5 Å². The number of benzene rings is 1. The van der Waals surface area contributed by atoms with E-state index in [2.05, 4.69) is 20.7 Å². The maximum atomic E-state index is 6.15. The van der Waals surface area contributed by atoms with Gasteiger partial charge in [-0.15, -0.1) is 0 Å². The first kappa shape index (κ1) is 13.6. The molecular formula is C17H17ClN4. The fraction of sp³-hybridized carbons (Fsp3) is 0.294. The molecule has 0 aliphatic heterocycles. The molecule has 22 heavy (non-hydrogen) atoms. The standard InChI is InChI=1S/C17H17ClN4/c18-12-5-3-4-11(8-12)14-9-22(13-6-1-2-7-13)17-15(14)16(19)20-10-21-17/h3-5,8-10,13H,1-2,6-7H2,(H2,19,20,21). The molecule has 1 saturated carbocycles. The van der Waals surface area contributed by atoms with Gasteiger partial charge in [0.2, 0.25) is 0 Å². The minimum Gasteiger partial charge on any atom is -0.383 e. The quantitative estimate of drug-likeness (QED) is 0.760. The largest absolute Gasteiger partial charge is 0.383 e. The van der Waals surface area contributed by atoms with Gasteiger partial charge < -0.3 is 10.3 Å². The zero-order valence-electron chi connectivity index (χ0n) is 12.2. The SMILES string of the molecule is Nc1ncnc2c1c(-c1cccc(Cl)c1)cn2C1CCCC1. The lowest BCUT2D eigenvalue weighted by atomic mass is 10.1. The number of nitrogen functional groups attached to an aromatic ring is 1. The number of rotatable bonds is 2. The van der Waals surface area contributed by atoms with Crippen LogP contribution in [-0.2, 0) is 0 Å². The summed E-state index contributed by atoms with van der Waals surface area (Å²) in [7, 11) is 0. The smallest absolute Gasteiger partial charge is 0.146 e. The highest BCUT2D eigenvalue weighted by molar-refractivity contribution is 6.31. The van der Waals surface area contributed by atoms with Gasteiger partial charge in [-0.1, -0.05) is 36.6 Å². The summed E-state index contributed by atoms with van der Waals surface area (Å²) in [5.74, 6) is 0.525. The molecule has 2 heterocycles. The zero-order chi connectivity index (χ0) is 15.1. The first-order chi connectivity index (χ1) is 10.7. The molecule has 1 aromatic carbocycles. The molecule has 5 heteroatoms. The van der Waals surface area contributed by atoms with E-state index >= 15 is 0 Å². The number of fused-ring (bicyclic) bond motifs is 1. The van der Waals surface area contributed by atoms with Crippen molar-refractivity contribution in [2.45, 2.75) is 31.7 Å². The number of aromatic nitrogens is 3. The second kappa shape index (κ2) is 5.29. The second-order valence-electron chi connectivity index (χ2n) is 5.86. The van der Waals surface area contributed by atoms with E-state index in [-0.39, 0.29) is 0 Å². The van der Waals surface area contributed by atoms with Gasteiger partial charge in [0, 0.05) is 22.8 Å². The fourth-order valence-electron chi connectivity index (χ4n) is 3.44. The summed E-state index contributed by atoms with van der Waals surface area (Å²) in [4.78, 5) is 8.67. The van der Waals surface area contributed by atoms with Crippen LogP contribution in [0.5, 0.6) is 0 Å². The summed E-state index contributed by atoms with van der Waals surface area (Å²) in [5, 5.41) is 1.64. The molecule has 0 amide bonds. The molecule has 0 atom stereocenters. The molecule has 0 radical (unpaired) electrons. The first-order valence-electron chi connectivity index (χ1n) is 7.61. The van der Waals surface area contributed by atoms with E-state index in [9.17, 15) is 0 Å². The minimum absolute atomic E-state index is 0.504. The lowest BCUT2D eigenvalue weighted by Crippen LogP contribution is -2.04. The third-order valence-electron chi connectivity index (χ3n) is 4.49. The predicted molar refractivity (Wildman–Crippen MR) is 89.9 cm³/mol. The van der Waals surface area contributed by atoms with Crippen LogP contribution >= 0.6 is 11.6 Å². The van der Waals surface area contributed by atoms with Crippen LogP contribution in [0.25, 0.3) is 22.2 Å². The molecule has 4 nitrogen and oxygen atoms in total. The van der Waals surface area contributed by atoms with Gasteiger partial charge in [-0.25, -0.2) is 9.97 Å². The van der Waals surface area contributed by atoms with Crippen molar-refractivity contribution in [3.05, 3.63) is 41.8 Å². The Hall–Kier alpha value is -2.07. The first-order valence-corrected chi connectivity index (χ1v) is 7.99. The van der Waals surface area contributed by atoms with Gasteiger partial charge in [0.15, 0.2) is 0 Å². The maximum absolute atomic E-state index is 6.15. The van der Waals surface area contributed by atoms with Gasteiger partial charge in [-0.2, -0.15) is 0 Å². The lowest BCUT2D eigenvalue weighted by molar-refractivity contribution is 0.532. The van der Waals surface area contributed by atoms with E-state index in [1.807, 2.05) is 24.3 Å². The Balaban J connectivity index is 1.98. The Morgan fingerprint density at radius 3 is 2.77 bits per heavy atom. The molecule has 2 N–H and O–H groups in total. The van der Waals surface area contributed by atoms with Crippen LogP contribution in [0.15, 0.2) is 36.8 Å². The van der Waals surface area contributed by atoms with E-state index < -0.39 is 0 Å². The number of halogens is 1. The molecule has 112 valence electrons. The van der Waals surface area contributed by atoms with Crippen molar-refractivity contribution in [2.75, 3.05) is 5.73 Å². The number of nitrogens with zero attached hydrogens (tertiary/aromatic N) is 3. The van der Waals surface area contributed by atoms with E-state index in [0.29, 0.717) is 11.9 Å². The van der Waals surface area contributed by atoms with Gasteiger partial charge in [0.25, 0.3) is 0 Å². The van der Waals surface area contributed by atoms with Crippen LogP contribution in [0.4, 0.5) is 5.82 Å². The van der Waals surface area contributed by atoms with Crippen molar-refractivity contribution >= 4 is 28.5 Å². The van der Waals surface area contributed by atoms with Crippen LogP contribution in [0.2, 0.25) is 5.02 Å². The predicted octanol–water partition coefficient (Wildman–Crippen LogP) is 4.45. The van der Waals surface area contributed by atoms with Crippen molar-refractivity contribution in [3.8, 4) is 11.1 Å². The summed E-state index contributed by atoms with van der Waals surface area (Å²) in [6.45, 7) is 0. The second-order valence-corrected chi connectivity index (χ2v) is 6.29. The number of hydrogen-bond donors (Lipinski definition) is 1. The Labute approximate surface area is 133 Å². The molecule has 2 aromatic heterocycles. The van der Waals surface area contributed by atoms with E-state index in [1.165, 1.54) is 25.7 Å². The Bertz CT molecular complexity index is 834. The van der Waals surface area contributed by atoms with Crippen molar-refractivity contribution in [1.82, 2.24) is 14.5 Å². The number of hydrogen-bond acceptors (Lipinski definition) is 3. The van der Waals surface area contributed by atoms with E-state index in [1.54, 1.807) is 6.33 Å². The Morgan fingerprint density at radius 1 is 1.18 bits per heavy atom. The van der Waals surface area contributed by atoms with Gasteiger partial charge in [0.05, 0.1) is 5.39 Å². The highest BCUT2D eigenvalue weighted by atomic mass is 35.5. The van der Waals surface area contributed by atoms with Gasteiger partial charge >= 0.3 is 0 Å². The summed E-state index contributed by atoms with van der Waals surface area (Å²) < 4.78 is 2.27. The molecule has 1 aliphatic carbocycles. The average Bonchev–Trinajstić information content (AvgIpc) is 3.15. The number of nitrogens with two attached hydrogens (primary N) is 1. The summed E-state index contributed by atoms with van der Waals surface area (Å²) in [6.07, 6.45) is 8.66. The third-order valence-corrected chi connectivity index (χ3v) is 4.73. The molecule has 1 aliphatic rings. The normalized spacial score (nSPS) is 15.7. The Morgan fingerprint density at radius 2 is 2.00 bits per heavy atom. The molecule has 0 bridgehead atoms. The van der Waals surface area contributed by atoms with Gasteiger partial charge in [0.1, 0.15) is 17.8 Å². The Kier molecular flexibility index (Phi) is 3.26. The van der Waals surface area contributed by atoms with Crippen molar-refractivity contribution in [3.63, 3.8) is 0 Å². The van der Waals surface area contributed by atoms with Crippen LogP contribution < -0.4 is 5.73 Å².